The molecule has 1 aromatic carbocycles. The van der Waals surface area contributed by atoms with Gasteiger partial charge in [0.2, 0.25) is 5.88 Å². The summed E-state index contributed by atoms with van der Waals surface area (Å²) < 4.78 is 16.3. The molecule has 0 aliphatic rings. The second-order valence-corrected chi connectivity index (χ2v) is 5.59. The molecule has 2 N–H and O–H groups in total. The van der Waals surface area contributed by atoms with Crippen molar-refractivity contribution in [1.29, 1.82) is 0 Å². The number of aromatic nitrogens is 1. The summed E-state index contributed by atoms with van der Waals surface area (Å²) in [7, 11) is 3.16. The molecule has 6 nitrogen and oxygen atoms in total. The smallest absolute Gasteiger partial charge is 0.218 e. The Balaban J connectivity index is 2.44. The van der Waals surface area contributed by atoms with Crippen molar-refractivity contribution in [1.82, 2.24) is 10.3 Å². The molecule has 0 saturated heterocycles. The zero-order valence-corrected chi connectivity index (χ0v) is 14.5. The minimum Gasteiger partial charge on any atom is -0.493 e. The van der Waals surface area contributed by atoms with Gasteiger partial charge < -0.3 is 24.6 Å². The Morgan fingerprint density at radius 1 is 1.25 bits per heavy atom. The SMILES string of the molecule is C=C(Cl)COc1nc2cc(OC)c(OC)cc2cc1CNCCO. The van der Waals surface area contributed by atoms with Crippen molar-refractivity contribution in [2.75, 3.05) is 34.0 Å². The third kappa shape index (κ3) is 4.50. The van der Waals surface area contributed by atoms with Crippen LogP contribution < -0.4 is 19.5 Å². The number of pyridine rings is 1. The first-order chi connectivity index (χ1) is 11.6. The van der Waals surface area contributed by atoms with Gasteiger partial charge in [0, 0.05) is 35.1 Å². The number of nitrogens with zero attached hydrogens (tertiary/aromatic N) is 1. The molecule has 2 aromatic rings. The lowest BCUT2D eigenvalue weighted by Crippen LogP contribution is -2.18. The predicted octanol–water partition coefficient (Wildman–Crippen LogP) is 2.47. The second kappa shape index (κ2) is 8.73. The van der Waals surface area contributed by atoms with E-state index in [4.69, 9.17) is 30.9 Å². The Morgan fingerprint density at radius 2 is 1.96 bits per heavy atom. The molecule has 0 amide bonds. The van der Waals surface area contributed by atoms with Crippen molar-refractivity contribution in [3.63, 3.8) is 0 Å². The Morgan fingerprint density at radius 3 is 2.58 bits per heavy atom. The highest BCUT2D eigenvalue weighted by molar-refractivity contribution is 6.29. The van der Waals surface area contributed by atoms with Gasteiger partial charge in [-0.3, -0.25) is 0 Å². The van der Waals surface area contributed by atoms with Crippen LogP contribution in [0.15, 0.2) is 29.8 Å². The molecule has 2 rings (SSSR count). The van der Waals surface area contributed by atoms with Crippen molar-refractivity contribution in [2.24, 2.45) is 0 Å². The molecule has 0 atom stereocenters. The van der Waals surface area contributed by atoms with E-state index in [1.54, 1.807) is 20.3 Å². The summed E-state index contributed by atoms with van der Waals surface area (Å²) in [5.74, 6) is 1.68. The highest BCUT2D eigenvalue weighted by Crippen LogP contribution is 2.33. The quantitative estimate of drug-likeness (QED) is 0.675. The van der Waals surface area contributed by atoms with Crippen LogP contribution in [-0.2, 0) is 6.54 Å². The maximum absolute atomic E-state index is 8.92. The van der Waals surface area contributed by atoms with Crippen LogP contribution >= 0.6 is 11.6 Å². The average Bonchev–Trinajstić information content (AvgIpc) is 2.58. The van der Waals surface area contributed by atoms with Crippen molar-refractivity contribution in [2.45, 2.75) is 6.54 Å². The summed E-state index contributed by atoms with van der Waals surface area (Å²) in [5.41, 5.74) is 1.56. The third-order valence-electron chi connectivity index (χ3n) is 3.33. The summed E-state index contributed by atoms with van der Waals surface area (Å²) in [5, 5.41) is 13.3. The number of rotatable bonds is 9. The number of halogens is 1. The van der Waals surface area contributed by atoms with E-state index < -0.39 is 0 Å². The maximum Gasteiger partial charge on any atom is 0.218 e. The molecule has 24 heavy (non-hydrogen) atoms. The van der Waals surface area contributed by atoms with Gasteiger partial charge in [-0.2, -0.15) is 0 Å². The molecule has 0 radical (unpaired) electrons. The number of methoxy groups -OCH3 is 2. The summed E-state index contributed by atoms with van der Waals surface area (Å²) in [6.45, 7) is 4.82. The zero-order chi connectivity index (χ0) is 17.5. The molecule has 0 unspecified atom stereocenters. The van der Waals surface area contributed by atoms with Crippen LogP contribution in [-0.4, -0.2) is 44.1 Å². The van der Waals surface area contributed by atoms with Crippen molar-refractivity contribution >= 4 is 22.5 Å². The van der Waals surface area contributed by atoms with Gasteiger partial charge in [0.1, 0.15) is 6.61 Å². The maximum atomic E-state index is 8.92. The monoisotopic (exact) mass is 352 g/mol. The lowest BCUT2D eigenvalue weighted by molar-refractivity contribution is 0.290. The number of hydrogen-bond donors (Lipinski definition) is 2. The topological polar surface area (TPSA) is 72.8 Å². The second-order valence-electron chi connectivity index (χ2n) is 5.06. The normalized spacial score (nSPS) is 10.7. The van der Waals surface area contributed by atoms with Gasteiger partial charge in [-0.1, -0.05) is 18.2 Å². The number of nitrogens with one attached hydrogen (secondary N) is 1. The number of aliphatic hydroxyl groups excluding tert-OH is 1. The van der Waals surface area contributed by atoms with E-state index in [1.807, 2.05) is 12.1 Å². The summed E-state index contributed by atoms with van der Waals surface area (Å²) in [6.07, 6.45) is 0. The lowest BCUT2D eigenvalue weighted by Gasteiger charge is -2.14. The Bertz CT molecular complexity index is 721. The summed E-state index contributed by atoms with van der Waals surface area (Å²) in [6, 6.07) is 5.61. The van der Waals surface area contributed by atoms with E-state index in [9.17, 15) is 0 Å². The van der Waals surface area contributed by atoms with Gasteiger partial charge >= 0.3 is 0 Å². The molecular weight excluding hydrogens is 332 g/mol. The van der Waals surface area contributed by atoms with E-state index >= 15 is 0 Å². The number of aliphatic hydroxyl groups is 1. The van der Waals surface area contributed by atoms with Crippen LogP contribution in [0.4, 0.5) is 0 Å². The van der Waals surface area contributed by atoms with Crippen molar-refractivity contribution in [3.8, 4) is 17.4 Å². The van der Waals surface area contributed by atoms with E-state index in [2.05, 4.69) is 16.9 Å². The van der Waals surface area contributed by atoms with E-state index in [0.29, 0.717) is 41.0 Å². The Labute approximate surface area is 146 Å². The average molecular weight is 353 g/mol. The van der Waals surface area contributed by atoms with E-state index in [1.165, 1.54) is 0 Å². The molecule has 0 spiro atoms. The van der Waals surface area contributed by atoms with Crippen LogP contribution in [0.25, 0.3) is 10.9 Å². The van der Waals surface area contributed by atoms with Gasteiger partial charge in [-0.15, -0.1) is 0 Å². The molecule has 7 heteroatoms. The molecule has 1 heterocycles. The van der Waals surface area contributed by atoms with E-state index in [0.717, 1.165) is 10.9 Å². The largest absolute Gasteiger partial charge is 0.493 e. The molecule has 1 aromatic heterocycles. The van der Waals surface area contributed by atoms with Crippen LogP contribution in [0.1, 0.15) is 5.56 Å². The standard InChI is InChI=1S/C17H21ClN2O4/c1-11(18)10-24-17-13(9-19-4-5-21)6-12-7-15(22-2)16(23-3)8-14(12)20-17/h6-8,19,21H,1,4-5,9-10H2,2-3H3. The number of hydrogen-bond acceptors (Lipinski definition) is 6. The fraction of sp³-hybridized carbons (Fsp3) is 0.353. The number of ether oxygens (including phenoxy) is 3. The summed E-state index contributed by atoms with van der Waals surface area (Å²) in [4.78, 5) is 4.55. The minimum absolute atomic E-state index is 0.0563. The molecule has 130 valence electrons. The van der Waals surface area contributed by atoms with Gasteiger partial charge in [0.25, 0.3) is 0 Å². The molecule has 0 fully saturated rings. The zero-order valence-electron chi connectivity index (χ0n) is 13.8. The molecular formula is C17H21ClN2O4. The van der Waals surface area contributed by atoms with Gasteiger partial charge in [0.05, 0.1) is 26.3 Å². The first-order valence-corrected chi connectivity index (χ1v) is 7.80. The van der Waals surface area contributed by atoms with Crippen LogP contribution in [0.5, 0.6) is 17.4 Å². The molecule has 0 saturated carbocycles. The van der Waals surface area contributed by atoms with Gasteiger partial charge in [-0.05, 0) is 12.1 Å². The highest BCUT2D eigenvalue weighted by Gasteiger charge is 2.12. The lowest BCUT2D eigenvalue weighted by atomic mass is 10.1. The first kappa shape index (κ1) is 18.3. The van der Waals surface area contributed by atoms with Crippen LogP contribution in [0, 0.1) is 0 Å². The molecule has 0 aliphatic heterocycles. The highest BCUT2D eigenvalue weighted by atomic mass is 35.5. The number of benzene rings is 1. The number of fused-ring (bicyclic) bond motifs is 1. The fourth-order valence-electron chi connectivity index (χ4n) is 2.23. The minimum atomic E-state index is 0.0563. The predicted molar refractivity (Wildman–Crippen MR) is 94.1 cm³/mol. The third-order valence-corrected chi connectivity index (χ3v) is 3.44. The van der Waals surface area contributed by atoms with Crippen molar-refractivity contribution < 1.29 is 19.3 Å². The van der Waals surface area contributed by atoms with Crippen molar-refractivity contribution in [3.05, 3.63) is 35.4 Å². The Hall–Kier alpha value is -2.02. The van der Waals surface area contributed by atoms with Crippen LogP contribution in [0.2, 0.25) is 0 Å². The summed E-state index contributed by atoms with van der Waals surface area (Å²) >= 11 is 5.78. The fourth-order valence-corrected chi connectivity index (χ4v) is 2.28. The van der Waals surface area contributed by atoms with Gasteiger partial charge in [0.15, 0.2) is 11.5 Å². The first-order valence-electron chi connectivity index (χ1n) is 7.42. The van der Waals surface area contributed by atoms with Gasteiger partial charge in [-0.25, -0.2) is 4.98 Å². The van der Waals surface area contributed by atoms with Crippen LogP contribution in [0.3, 0.4) is 0 Å². The molecule has 0 aliphatic carbocycles. The Kier molecular flexibility index (Phi) is 6.66. The van der Waals surface area contributed by atoms with E-state index in [-0.39, 0.29) is 13.2 Å². The molecule has 0 bridgehead atoms.